The van der Waals surface area contributed by atoms with Crippen molar-refractivity contribution in [1.82, 2.24) is 0 Å². The van der Waals surface area contributed by atoms with Gasteiger partial charge in [0.2, 0.25) is 0 Å². The van der Waals surface area contributed by atoms with Crippen LogP contribution in [-0.4, -0.2) is 17.9 Å². The predicted octanol–water partition coefficient (Wildman–Crippen LogP) is -3.23. The van der Waals surface area contributed by atoms with Gasteiger partial charge < -0.3 is 29.7 Å². The van der Waals surface area contributed by atoms with E-state index in [9.17, 15) is 29.7 Å². The second-order valence-electron chi connectivity index (χ2n) is 2.62. The fourth-order valence-electron chi connectivity index (χ4n) is 1.02. The monoisotopic (exact) mass is 270 g/mol. The molecule has 1 aromatic carbocycles. The Morgan fingerprint density at radius 1 is 0.812 bits per heavy atom. The maximum absolute atomic E-state index is 10.5. The second-order valence-corrected chi connectivity index (χ2v) is 2.62. The molecule has 0 heterocycles. The SMILES string of the molecule is O=C([O-])c1ccc(C(=O)[O-])c(C(=O)[O-])c1.[Cu+3]. The molecule has 0 aliphatic heterocycles. The maximum atomic E-state index is 10.5. The van der Waals surface area contributed by atoms with Crippen LogP contribution in [0.5, 0.6) is 0 Å². The Morgan fingerprint density at radius 2 is 1.31 bits per heavy atom. The minimum atomic E-state index is -1.79. The van der Waals surface area contributed by atoms with E-state index < -0.39 is 34.6 Å². The van der Waals surface area contributed by atoms with Gasteiger partial charge in [-0.05, 0) is 11.6 Å². The standard InChI is InChI=1S/C9H6O6.Cu/c10-7(11)4-1-2-5(8(12)13)6(3-4)9(14)15;/h1-3H,(H,10,11)(H,12,13)(H,14,15);/q;+3/p-3. The normalized spacial score (nSPS) is 9.00. The molecule has 86 valence electrons. The summed E-state index contributed by atoms with van der Waals surface area (Å²) < 4.78 is 0. The Kier molecular flexibility index (Phi) is 4.68. The van der Waals surface area contributed by atoms with Gasteiger partial charge in [-0.3, -0.25) is 0 Å². The molecule has 1 aromatic rings. The van der Waals surface area contributed by atoms with Gasteiger partial charge in [0.15, 0.2) is 0 Å². The molecule has 0 N–H and O–H groups in total. The first-order valence-electron chi connectivity index (χ1n) is 3.71. The minimum Gasteiger partial charge on any atom is -0.545 e. The van der Waals surface area contributed by atoms with Crippen LogP contribution >= 0.6 is 0 Å². The summed E-state index contributed by atoms with van der Waals surface area (Å²) in [6, 6.07) is 2.37. The van der Waals surface area contributed by atoms with Gasteiger partial charge >= 0.3 is 17.1 Å². The van der Waals surface area contributed by atoms with Crippen molar-refractivity contribution >= 4 is 17.9 Å². The smallest absolute Gasteiger partial charge is 0.545 e. The number of carboxylic acid groups (broad SMARTS) is 3. The number of benzene rings is 1. The molecule has 0 saturated carbocycles. The number of hydrogen-bond donors (Lipinski definition) is 0. The molecule has 1 rings (SSSR count). The molecule has 0 saturated heterocycles. The molecule has 0 bridgehead atoms. The van der Waals surface area contributed by atoms with Gasteiger partial charge in [-0.1, -0.05) is 12.1 Å². The molecular formula is C9H3CuO6. The van der Waals surface area contributed by atoms with Crippen LogP contribution in [0, 0.1) is 0 Å². The zero-order valence-electron chi connectivity index (χ0n) is 7.48. The first kappa shape index (κ1) is 14.1. The van der Waals surface area contributed by atoms with Crippen molar-refractivity contribution < 1.29 is 46.8 Å². The Labute approximate surface area is 100.0 Å². The molecule has 16 heavy (non-hydrogen) atoms. The van der Waals surface area contributed by atoms with Gasteiger partial charge in [-0.25, -0.2) is 0 Å². The van der Waals surface area contributed by atoms with Crippen LogP contribution in [0.25, 0.3) is 0 Å². The molecule has 7 heteroatoms. The largest absolute Gasteiger partial charge is 3.00 e. The van der Waals surface area contributed by atoms with E-state index in [-0.39, 0.29) is 17.1 Å². The molecule has 0 unspecified atom stereocenters. The molecule has 0 aliphatic rings. The minimum absolute atomic E-state index is 0. The zero-order chi connectivity index (χ0) is 11.6. The van der Waals surface area contributed by atoms with E-state index >= 15 is 0 Å². The summed E-state index contributed by atoms with van der Waals surface area (Å²) >= 11 is 0. The van der Waals surface area contributed by atoms with Crippen LogP contribution < -0.4 is 15.3 Å². The summed E-state index contributed by atoms with van der Waals surface area (Å²) in [6.07, 6.45) is 0. The Morgan fingerprint density at radius 3 is 1.69 bits per heavy atom. The van der Waals surface area contributed by atoms with Crippen LogP contribution in [0.1, 0.15) is 31.1 Å². The summed E-state index contributed by atoms with van der Waals surface area (Å²) in [4.78, 5) is 31.3. The quantitative estimate of drug-likeness (QED) is 0.533. The fourth-order valence-corrected chi connectivity index (χ4v) is 1.02. The molecule has 0 aromatic heterocycles. The zero-order valence-corrected chi connectivity index (χ0v) is 8.42. The van der Waals surface area contributed by atoms with Crippen LogP contribution in [0.3, 0.4) is 0 Å². The molecule has 0 radical (unpaired) electrons. The first-order valence-corrected chi connectivity index (χ1v) is 3.71. The van der Waals surface area contributed by atoms with E-state index in [1.54, 1.807) is 0 Å². The average Bonchev–Trinajstić information content (AvgIpc) is 2.16. The van der Waals surface area contributed by atoms with E-state index in [0.717, 1.165) is 12.1 Å². The van der Waals surface area contributed by atoms with Gasteiger partial charge in [0, 0.05) is 11.1 Å². The molecule has 0 amide bonds. The van der Waals surface area contributed by atoms with Crippen LogP contribution in [0.4, 0.5) is 0 Å². The molecule has 6 nitrogen and oxygen atoms in total. The van der Waals surface area contributed by atoms with Crippen molar-refractivity contribution in [2.24, 2.45) is 0 Å². The Hall–Kier alpha value is -1.85. The third-order valence-electron chi connectivity index (χ3n) is 1.70. The van der Waals surface area contributed by atoms with Gasteiger partial charge in [0.1, 0.15) is 0 Å². The number of aromatic carboxylic acids is 3. The molecule has 0 spiro atoms. The van der Waals surface area contributed by atoms with Crippen molar-refractivity contribution in [3.8, 4) is 0 Å². The van der Waals surface area contributed by atoms with E-state index in [1.807, 2.05) is 0 Å². The molecule has 0 atom stereocenters. The average molecular weight is 271 g/mol. The third kappa shape index (κ3) is 2.82. The number of carbonyl (C=O) groups excluding carboxylic acids is 3. The van der Waals surface area contributed by atoms with Crippen LogP contribution in [-0.2, 0) is 17.1 Å². The second kappa shape index (κ2) is 5.29. The van der Waals surface area contributed by atoms with Gasteiger partial charge in [-0.15, -0.1) is 0 Å². The van der Waals surface area contributed by atoms with E-state index in [1.165, 1.54) is 0 Å². The fraction of sp³-hybridized carbons (Fsp3) is 0. The number of carbonyl (C=O) groups is 3. The van der Waals surface area contributed by atoms with Crippen molar-refractivity contribution in [1.29, 1.82) is 0 Å². The summed E-state index contributed by atoms with van der Waals surface area (Å²) in [5, 5.41) is 31.3. The van der Waals surface area contributed by atoms with Crippen molar-refractivity contribution in [3.63, 3.8) is 0 Å². The summed E-state index contributed by atoms with van der Waals surface area (Å²) in [5.74, 6) is -5.13. The molecular weight excluding hydrogens is 268 g/mol. The van der Waals surface area contributed by atoms with Crippen molar-refractivity contribution in [3.05, 3.63) is 34.9 Å². The summed E-state index contributed by atoms with van der Waals surface area (Å²) in [7, 11) is 0. The van der Waals surface area contributed by atoms with Crippen LogP contribution in [0.15, 0.2) is 18.2 Å². The topological polar surface area (TPSA) is 120 Å². The van der Waals surface area contributed by atoms with E-state index in [2.05, 4.69) is 0 Å². The van der Waals surface area contributed by atoms with Crippen molar-refractivity contribution in [2.45, 2.75) is 0 Å². The van der Waals surface area contributed by atoms with E-state index in [0.29, 0.717) is 6.07 Å². The first-order chi connectivity index (χ1) is 6.93. The summed E-state index contributed by atoms with van der Waals surface area (Å²) in [5.41, 5.74) is -1.84. The summed E-state index contributed by atoms with van der Waals surface area (Å²) in [6.45, 7) is 0. The molecule has 0 fully saturated rings. The van der Waals surface area contributed by atoms with E-state index in [4.69, 9.17) is 0 Å². The number of carboxylic acids is 3. The Bertz CT molecular complexity index is 453. The van der Waals surface area contributed by atoms with Crippen molar-refractivity contribution in [2.75, 3.05) is 0 Å². The van der Waals surface area contributed by atoms with Gasteiger partial charge in [-0.2, -0.15) is 0 Å². The molecule has 0 aliphatic carbocycles. The third-order valence-corrected chi connectivity index (χ3v) is 1.70. The predicted molar refractivity (Wildman–Crippen MR) is 39.4 cm³/mol. The van der Waals surface area contributed by atoms with Gasteiger partial charge in [0.25, 0.3) is 0 Å². The Balaban J connectivity index is 0.00000225. The van der Waals surface area contributed by atoms with Crippen LogP contribution in [0.2, 0.25) is 0 Å². The van der Waals surface area contributed by atoms with Gasteiger partial charge in [0.05, 0.1) is 17.9 Å². The number of hydrogen-bond acceptors (Lipinski definition) is 6. The number of rotatable bonds is 3. The maximum Gasteiger partial charge on any atom is 3.00 e.